The smallest absolute Gasteiger partial charge is 0.291 e. The minimum atomic E-state index is -0.696. The number of hydrogen-bond acceptors (Lipinski definition) is 2. The van der Waals surface area contributed by atoms with Crippen LogP contribution in [0.5, 0.6) is 0 Å². The Morgan fingerprint density at radius 1 is 0.700 bits per heavy atom. The van der Waals surface area contributed by atoms with Crippen LogP contribution in [-0.2, 0) is 26.5 Å². The molecule has 2 aromatic heterocycles. The van der Waals surface area contributed by atoms with Gasteiger partial charge in [-0.05, 0) is 26.0 Å². The summed E-state index contributed by atoms with van der Waals surface area (Å²) in [5.74, 6) is -1.38. The number of hydrogen-bond donors (Lipinski definition) is 0. The third-order valence-electron chi connectivity index (χ3n) is 5.36. The van der Waals surface area contributed by atoms with Crippen LogP contribution in [0.3, 0.4) is 0 Å². The Kier molecular flexibility index (Phi) is 5.15. The first-order chi connectivity index (χ1) is 13.9. The molecule has 1 aliphatic rings. The number of aromatic nitrogens is 2. The second-order valence-corrected chi connectivity index (χ2v) is 7.63. The molecule has 0 amide bonds. The summed E-state index contributed by atoms with van der Waals surface area (Å²) >= 11 is 0. The maximum absolute atomic E-state index is 14.7. The molecule has 4 aromatic rings. The molecule has 0 radical (unpaired) electrons. The number of nitrogens with zero attached hydrogens (tertiary/aromatic N) is 2. The predicted octanol–water partition coefficient (Wildman–Crippen LogP) is 5.99. The van der Waals surface area contributed by atoms with Gasteiger partial charge in [-0.3, -0.25) is 18.7 Å². The van der Waals surface area contributed by atoms with Crippen molar-refractivity contribution in [2.24, 2.45) is 0 Å². The summed E-state index contributed by atoms with van der Waals surface area (Å²) in [6, 6.07) is 23.7. The molecular weight excluding hydrogens is 561 g/mol. The largest absolute Gasteiger partial charge is 2.00 e. The number of benzene rings is 2. The fourth-order valence-corrected chi connectivity index (χ4v) is 3.63. The van der Waals surface area contributed by atoms with Gasteiger partial charge in [0.1, 0.15) is 0 Å². The number of rotatable bonds is 0. The first kappa shape index (κ1) is 20.6. The van der Waals surface area contributed by atoms with Gasteiger partial charge in [-0.1, -0.05) is 35.9 Å². The standard InChI is InChI=1S/C25H16F2N2.Pt/c1-25(2)23-10-4-8-21(28-23)16-7-3-6-15(12-16)17-13-18(20(27)14-19(17)26)22-9-5-11-24(25)29-22;/h3-11,14H,1-2H3;/q-2;+2. The van der Waals surface area contributed by atoms with Gasteiger partial charge in [0.25, 0.3) is 0 Å². The van der Waals surface area contributed by atoms with Gasteiger partial charge in [-0.15, -0.1) is 29.3 Å². The quantitative estimate of drug-likeness (QED) is 0.240. The van der Waals surface area contributed by atoms with E-state index >= 15 is 0 Å². The van der Waals surface area contributed by atoms with Crippen LogP contribution in [0.1, 0.15) is 25.2 Å². The zero-order chi connectivity index (χ0) is 20.2. The maximum atomic E-state index is 14.7. The SMILES string of the molecule is CC1(C)c2cccc(n2)-c2[c-]c(ccc2)-c2[c-]c(c(F)cc2F)-c2cccc1n2.[Pt+2]. The monoisotopic (exact) mass is 577 g/mol. The van der Waals surface area contributed by atoms with Crippen molar-refractivity contribution >= 4 is 0 Å². The molecule has 5 rings (SSSR count). The Bertz CT molecular complexity index is 1270. The summed E-state index contributed by atoms with van der Waals surface area (Å²) < 4.78 is 29.3. The summed E-state index contributed by atoms with van der Waals surface area (Å²) in [6.45, 7) is 4.06. The number of fused-ring (bicyclic) bond motifs is 11. The Hall–Kier alpha value is -2.71. The van der Waals surface area contributed by atoms with Gasteiger partial charge >= 0.3 is 21.1 Å². The van der Waals surface area contributed by atoms with E-state index in [2.05, 4.69) is 12.1 Å². The molecule has 30 heavy (non-hydrogen) atoms. The molecule has 1 aliphatic heterocycles. The molecule has 150 valence electrons. The van der Waals surface area contributed by atoms with Gasteiger partial charge in [0, 0.05) is 34.0 Å². The van der Waals surface area contributed by atoms with Gasteiger partial charge in [-0.25, -0.2) is 0 Å². The molecule has 3 heterocycles. The van der Waals surface area contributed by atoms with Gasteiger partial charge < -0.3 is 0 Å². The van der Waals surface area contributed by atoms with Crippen molar-refractivity contribution < 1.29 is 29.8 Å². The van der Waals surface area contributed by atoms with Crippen molar-refractivity contribution in [3.05, 3.63) is 95.8 Å². The molecular formula is C25H16F2N2Pt. The van der Waals surface area contributed by atoms with Gasteiger partial charge in [0.05, 0.1) is 5.82 Å². The molecule has 0 saturated carbocycles. The average molecular weight is 577 g/mol. The van der Waals surface area contributed by atoms with Crippen molar-refractivity contribution in [3.63, 3.8) is 0 Å². The van der Waals surface area contributed by atoms with E-state index in [0.29, 0.717) is 11.3 Å². The average Bonchev–Trinajstić information content (AvgIpc) is 2.74. The summed E-state index contributed by atoms with van der Waals surface area (Å²) in [4.78, 5) is 9.54. The van der Waals surface area contributed by atoms with E-state index in [9.17, 15) is 8.78 Å². The molecule has 0 fully saturated rings. The first-order valence-corrected chi connectivity index (χ1v) is 9.33. The van der Waals surface area contributed by atoms with Crippen LogP contribution in [0, 0.1) is 23.8 Å². The van der Waals surface area contributed by atoms with Crippen LogP contribution < -0.4 is 0 Å². The molecule has 8 bridgehead atoms. The Labute approximate surface area is 188 Å². The fourth-order valence-electron chi connectivity index (χ4n) is 3.63. The normalized spacial score (nSPS) is 13.3. The third kappa shape index (κ3) is 3.29. The third-order valence-corrected chi connectivity index (χ3v) is 5.36. The van der Waals surface area contributed by atoms with E-state index < -0.39 is 17.0 Å². The zero-order valence-electron chi connectivity index (χ0n) is 16.2. The summed E-state index contributed by atoms with van der Waals surface area (Å²) in [7, 11) is 0. The fraction of sp³-hybridized carbons (Fsp3) is 0.120. The second kappa shape index (κ2) is 7.52. The molecule has 0 N–H and O–H groups in total. The second-order valence-electron chi connectivity index (χ2n) is 7.63. The van der Waals surface area contributed by atoms with E-state index in [1.165, 1.54) is 0 Å². The minimum Gasteiger partial charge on any atom is -0.291 e. The molecule has 2 nitrogen and oxygen atoms in total. The maximum Gasteiger partial charge on any atom is 2.00 e. The minimum absolute atomic E-state index is 0. The number of pyridine rings is 2. The summed E-state index contributed by atoms with van der Waals surface area (Å²) in [5, 5.41) is 0. The van der Waals surface area contributed by atoms with E-state index in [-0.39, 0.29) is 32.2 Å². The van der Waals surface area contributed by atoms with Crippen LogP contribution in [0.2, 0.25) is 0 Å². The van der Waals surface area contributed by atoms with Crippen LogP contribution in [-0.4, -0.2) is 9.97 Å². The van der Waals surface area contributed by atoms with Crippen LogP contribution >= 0.6 is 0 Å². The summed E-state index contributed by atoms with van der Waals surface area (Å²) in [6.07, 6.45) is 0. The first-order valence-electron chi connectivity index (χ1n) is 9.33. The van der Waals surface area contributed by atoms with Crippen molar-refractivity contribution in [1.29, 1.82) is 0 Å². The topological polar surface area (TPSA) is 25.8 Å². The van der Waals surface area contributed by atoms with E-state index in [4.69, 9.17) is 9.97 Å². The van der Waals surface area contributed by atoms with Gasteiger partial charge in [0.2, 0.25) is 0 Å². The Balaban J connectivity index is 0.00000218. The Morgan fingerprint density at radius 2 is 1.27 bits per heavy atom. The molecule has 0 atom stereocenters. The van der Waals surface area contributed by atoms with E-state index in [1.54, 1.807) is 12.1 Å². The van der Waals surface area contributed by atoms with E-state index in [0.717, 1.165) is 28.7 Å². The zero-order valence-corrected chi connectivity index (χ0v) is 18.5. The van der Waals surface area contributed by atoms with E-state index in [1.807, 2.05) is 56.3 Å². The molecule has 0 unspecified atom stereocenters. The molecule has 5 heteroatoms. The van der Waals surface area contributed by atoms with Crippen LogP contribution in [0.15, 0.2) is 60.7 Å². The van der Waals surface area contributed by atoms with Crippen LogP contribution in [0.25, 0.3) is 33.6 Å². The van der Waals surface area contributed by atoms with Gasteiger partial charge in [0.15, 0.2) is 0 Å². The Morgan fingerprint density at radius 3 is 2.00 bits per heavy atom. The molecule has 2 aromatic carbocycles. The van der Waals surface area contributed by atoms with Crippen LogP contribution in [0.4, 0.5) is 8.78 Å². The predicted molar refractivity (Wildman–Crippen MR) is 108 cm³/mol. The van der Waals surface area contributed by atoms with Crippen molar-refractivity contribution in [3.8, 4) is 33.6 Å². The molecule has 0 aliphatic carbocycles. The van der Waals surface area contributed by atoms with Crippen molar-refractivity contribution in [1.82, 2.24) is 9.97 Å². The van der Waals surface area contributed by atoms with Crippen molar-refractivity contribution in [2.75, 3.05) is 0 Å². The molecule has 0 saturated heterocycles. The van der Waals surface area contributed by atoms with Gasteiger partial charge in [-0.2, -0.15) is 17.7 Å². The molecule has 0 spiro atoms. The summed E-state index contributed by atoms with van der Waals surface area (Å²) in [5.41, 5.74) is 3.71. The number of halogens is 2. The van der Waals surface area contributed by atoms with Crippen molar-refractivity contribution in [2.45, 2.75) is 19.3 Å².